The summed E-state index contributed by atoms with van der Waals surface area (Å²) in [5.41, 5.74) is 5.14. The van der Waals surface area contributed by atoms with E-state index in [-0.39, 0.29) is 11.5 Å². The van der Waals surface area contributed by atoms with Gasteiger partial charge in [0.25, 0.3) is 0 Å². The van der Waals surface area contributed by atoms with Gasteiger partial charge in [0, 0.05) is 13.1 Å². The van der Waals surface area contributed by atoms with Gasteiger partial charge in [-0.2, -0.15) is 0 Å². The summed E-state index contributed by atoms with van der Waals surface area (Å²) in [6, 6.07) is 0. The first kappa shape index (κ1) is 14.5. The number of nitrogens with zero attached hydrogens (tertiary/aromatic N) is 1. The van der Waals surface area contributed by atoms with Gasteiger partial charge in [0.05, 0.1) is 11.5 Å². The fourth-order valence-corrected chi connectivity index (χ4v) is 4.01. The first-order chi connectivity index (χ1) is 7.71. The molecule has 2 aliphatic heterocycles. The van der Waals surface area contributed by atoms with Crippen molar-refractivity contribution in [2.75, 3.05) is 31.6 Å². The topological polar surface area (TPSA) is 37.4 Å². The van der Waals surface area contributed by atoms with Gasteiger partial charge in [-0.05, 0) is 34.7 Å². The van der Waals surface area contributed by atoms with Crippen molar-refractivity contribution in [3.8, 4) is 0 Å². The molecule has 0 radical (unpaired) electrons. The van der Waals surface area contributed by atoms with Crippen LogP contribution >= 0.6 is 0 Å². The molecule has 2 heterocycles. The molecule has 2 aliphatic rings. The monoisotopic (exact) mass is 257 g/mol. The van der Waals surface area contributed by atoms with Gasteiger partial charge in [0.15, 0.2) is 9.84 Å². The van der Waals surface area contributed by atoms with Crippen molar-refractivity contribution < 1.29 is 8.42 Å². The van der Waals surface area contributed by atoms with Crippen LogP contribution in [0.2, 0.25) is 0 Å². The maximum atomic E-state index is 10.8. The SMILES string of the molecule is CC1=C(C)CN(C)C1.CC1=C(C)CS(=O)(=O)C1. The summed E-state index contributed by atoms with van der Waals surface area (Å²) in [6.07, 6.45) is 0. The highest BCUT2D eigenvalue weighted by molar-refractivity contribution is 7.92. The largest absolute Gasteiger partial charge is 0.299 e. The Labute approximate surface area is 105 Å². The molecule has 4 heteroatoms. The van der Waals surface area contributed by atoms with E-state index in [0.29, 0.717) is 0 Å². The Kier molecular flexibility index (Phi) is 4.55. The quantitative estimate of drug-likeness (QED) is 0.623. The summed E-state index contributed by atoms with van der Waals surface area (Å²) in [4.78, 5) is 2.32. The molecule has 17 heavy (non-hydrogen) atoms. The number of likely N-dealkylation sites (N-methyl/N-ethyl adjacent to an activating group) is 1. The maximum Gasteiger partial charge on any atom is 0.157 e. The van der Waals surface area contributed by atoms with Gasteiger partial charge in [-0.1, -0.05) is 22.3 Å². The van der Waals surface area contributed by atoms with Gasteiger partial charge in [0.1, 0.15) is 0 Å². The molecule has 0 aliphatic carbocycles. The molecule has 0 fully saturated rings. The van der Waals surface area contributed by atoms with Crippen LogP contribution in [-0.2, 0) is 9.84 Å². The van der Waals surface area contributed by atoms with Crippen molar-refractivity contribution in [2.45, 2.75) is 27.7 Å². The van der Waals surface area contributed by atoms with Crippen molar-refractivity contribution >= 4 is 9.84 Å². The molecular formula is C13H23NO2S. The molecule has 0 saturated carbocycles. The van der Waals surface area contributed by atoms with Crippen LogP contribution in [0, 0.1) is 0 Å². The van der Waals surface area contributed by atoms with Crippen molar-refractivity contribution in [2.24, 2.45) is 0 Å². The Morgan fingerprint density at radius 3 is 1.29 bits per heavy atom. The van der Waals surface area contributed by atoms with Gasteiger partial charge >= 0.3 is 0 Å². The Bertz CT molecular complexity index is 424. The van der Waals surface area contributed by atoms with Crippen molar-refractivity contribution in [1.29, 1.82) is 0 Å². The highest BCUT2D eigenvalue weighted by Gasteiger charge is 2.21. The standard InChI is InChI=1S/C7H13N.C6H10O2S/c1-6-4-8(3)5-7(6)2;1-5-3-9(7,8)4-6(5)2/h4-5H2,1-3H3;3-4H2,1-2H3. The predicted molar refractivity (Wildman–Crippen MR) is 72.9 cm³/mol. The maximum absolute atomic E-state index is 10.8. The van der Waals surface area contributed by atoms with E-state index < -0.39 is 9.84 Å². The van der Waals surface area contributed by atoms with Gasteiger partial charge in [0.2, 0.25) is 0 Å². The van der Waals surface area contributed by atoms with E-state index in [1.54, 1.807) is 11.1 Å². The minimum atomic E-state index is -2.72. The molecule has 0 saturated heterocycles. The first-order valence-electron chi connectivity index (χ1n) is 5.90. The molecule has 98 valence electrons. The molecule has 0 N–H and O–H groups in total. The molecule has 2 rings (SSSR count). The molecule has 0 amide bonds. The molecule has 0 aromatic carbocycles. The van der Waals surface area contributed by atoms with Crippen molar-refractivity contribution in [3.05, 3.63) is 22.3 Å². The summed E-state index contributed by atoms with van der Waals surface area (Å²) in [7, 11) is -0.566. The molecule has 0 atom stereocenters. The van der Waals surface area contributed by atoms with E-state index in [1.165, 1.54) is 13.1 Å². The van der Waals surface area contributed by atoms with Crippen LogP contribution in [-0.4, -0.2) is 45.0 Å². The van der Waals surface area contributed by atoms with Crippen LogP contribution in [0.3, 0.4) is 0 Å². The summed E-state index contributed by atoms with van der Waals surface area (Å²) in [5.74, 6) is 0.553. The second-order valence-corrected chi connectivity index (χ2v) is 7.39. The number of sulfone groups is 1. The normalized spacial score (nSPS) is 24.1. The fourth-order valence-electron chi connectivity index (χ4n) is 2.09. The number of rotatable bonds is 0. The number of hydrogen-bond acceptors (Lipinski definition) is 3. The molecule has 3 nitrogen and oxygen atoms in total. The molecule has 0 spiro atoms. The average molecular weight is 257 g/mol. The lowest BCUT2D eigenvalue weighted by atomic mass is 10.2. The minimum Gasteiger partial charge on any atom is -0.299 e. The fraction of sp³-hybridized carbons (Fsp3) is 0.692. The van der Waals surface area contributed by atoms with Crippen LogP contribution in [0.5, 0.6) is 0 Å². The Morgan fingerprint density at radius 2 is 1.18 bits per heavy atom. The van der Waals surface area contributed by atoms with Crippen molar-refractivity contribution in [3.63, 3.8) is 0 Å². The zero-order valence-electron chi connectivity index (χ0n) is 11.5. The molecule has 0 aromatic heterocycles. The van der Waals surface area contributed by atoms with E-state index in [1.807, 2.05) is 13.8 Å². The first-order valence-corrected chi connectivity index (χ1v) is 7.73. The Morgan fingerprint density at radius 1 is 0.824 bits per heavy atom. The second kappa shape index (κ2) is 5.36. The van der Waals surface area contributed by atoms with Crippen LogP contribution < -0.4 is 0 Å². The summed E-state index contributed by atoms with van der Waals surface area (Å²) in [5, 5.41) is 0. The lowest BCUT2D eigenvalue weighted by Gasteiger charge is -2.04. The summed E-state index contributed by atoms with van der Waals surface area (Å²) >= 11 is 0. The molecule has 0 aromatic rings. The lowest BCUT2D eigenvalue weighted by molar-refractivity contribution is 0.424. The third kappa shape index (κ3) is 4.28. The lowest BCUT2D eigenvalue weighted by Crippen LogP contribution is -2.13. The van der Waals surface area contributed by atoms with Crippen LogP contribution in [0.1, 0.15) is 27.7 Å². The van der Waals surface area contributed by atoms with E-state index in [4.69, 9.17) is 0 Å². The highest BCUT2D eigenvalue weighted by atomic mass is 32.2. The third-order valence-electron chi connectivity index (χ3n) is 3.34. The van der Waals surface area contributed by atoms with Crippen molar-refractivity contribution in [1.82, 2.24) is 4.90 Å². The summed E-state index contributed by atoms with van der Waals surface area (Å²) in [6.45, 7) is 10.5. The van der Waals surface area contributed by atoms with Crippen LogP contribution in [0.25, 0.3) is 0 Å². The minimum absolute atomic E-state index is 0.277. The number of hydrogen-bond donors (Lipinski definition) is 0. The van der Waals surface area contributed by atoms with Crippen LogP contribution in [0.15, 0.2) is 22.3 Å². The second-order valence-electron chi connectivity index (χ2n) is 5.33. The van der Waals surface area contributed by atoms with E-state index in [2.05, 4.69) is 25.8 Å². The molecular weight excluding hydrogens is 234 g/mol. The highest BCUT2D eigenvalue weighted by Crippen LogP contribution is 2.17. The van der Waals surface area contributed by atoms with E-state index in [9.17, 15) is 8.42 Å². The molecule has 0 unspecified atom stereocenters. The Balaban J connectivity index is 0.000000171. The van der Waals surface area contributed by atoms with E-state index in [0.717, 1.165) is 11.1 Å². The van der Waals surface area contributed by atoms with Gasteiger partial charge in [-0.25, -0.2) is 8.42 Å². The average Bonchev–Trinajstić information content (AvgIpc) is 2.54. The van der Waals surface area contributed by atoms with Gasteiger partial charge in [-0.15, -0.1) is 0 Å². The zero-order valence-corrected chi connectivity index (χ0v) is 12.3. The third-order valence-corrected chi connectivity index (χ3v) is 5.09. The van der Waals surface area contributed by atoms with Gasteiger partial charge in [-0.3, -0.25) is 4.90 Å². The molecule has 0 bridgehead atoms. The summed E-state index contributed by atoms with van der Waals surface area (Å²) < 4.78 is 21.6. The Hall–Kier alpha value is -0.610. The predicted octanol–water partition coefficient (Wildman–Crippen LogP) is 2.02. The zero-order chi connectivity index (χ0) is 13.2. The van der Waals surface area contributed by atoms with Gasteiger partial charge < -0.3 is 0 Å². The van der Waals surface area contributed by atoms with E-state index >= 15 is 0 Å². The smallest absolute Gasteiger partial charge is 0.157 e. The van der Waals surface area contributed by atoms with Crippen LogP contribution in [0.4, 0.5) is 0 Å².